The van der Waals surface area contributed by atoms with Crippen LogP contribution in [-0.4, -0.2) is 26.0 Å². The van der Waals surface area contributed by atoms with E-state index in [2.05, 4.69) is 10.6 Å². The minimum absolute atomic E-state index is 0.120. The number of ether oxygens (including phenoxy) is 2. The summed E-state index contributed by atoms with van der Waals surface area (Å²) in [4.78, 5) is 24.7. The fourth-order valence-electron chi connectivity index (χ4n) is 2.98. The van der Waals surface area contributed by atoms with Gasteiger partial charge in [-0.2, -0.15) is 0 Å². The van der Waals surface area contributed by atoms with Gasteiger partial charge < -0.3 is 20.1 Å². The Kier molecular flexibility index (Phi) is 4.61. The van der Waals surface area contributed by atoms with Crippen molar-refractivity contribution in [2.24, 2.45) is 0 Å². The molecule has 6 nitrogen and oxygen atoms in total. The third-order valence-corrected chi connectivity index (χ3v) is 4.30. The largest absolute Gasteiger partial charge is 0.493 e. The number of hydrogen-bond donors (Lipinski definition) is 2. The SMILES string of the molecule is COc1cc(C)c(NC(=O)C2CC(=O)Nc3ccccc32)cc1OC. The molecule has 1 heterocycles. The zero-order valence-corrected chi connectivity index (χ0v) is 14.4. The normalized spacial score (nSPS) is 15.8. The number of carbonyl (C=O) groups excluding carboxylic acids is 2. The van der Waals surface area contributed by atoms with Gasteiger partial charge in [0.2, 0.25) is 11.8 Å². The predicted octanol–water partition coefficient (Wildman–Crippen LogP) is 3.08. The van der Waals surface area contributed by atoms with Crippen LogP contribution in [0.2, 0.25) is 0 Å². The number of carbonyl (C=O) groups is 2. The smallest absolute Gasteiger partial charge is 0.232 e. The molecule has 1 unspecified atom stereocenters. The lowest BCUT2D eigenvalue weighted by molar-refractivity contribution is -0.123. The number of para-hydroxylation sites is 1. The van der Waals surface area contributed by atoms with Gasteiger partial charge in [-0.05, 0) is 30.2 Å². The van der Waals surface area contributed by atoms with Crippen LogP contribution in [0.15, 0.2) is 36.4 Å². The van der Waals surface area contributed by atoms with E-state index in [-0.39, 0.29) is 18.2 Å². The van der Waals surface area contributed by atoms with E-state index in [1.807, 2.05) is 25.1 Å². The van der Waals surface area contributed by atoms with Crippen molar-refractivity contribution >= 4 is 23.2 Å². The zero-order chi connectivity index (χ0) is 18.0. The van der Waals surface area contributed by atoms with Gasteiger partial charge in [0.25, 0.3) is 0 Å². The first kappa shape index (κ1) is 16.8. The topological polar surface area (TPSA) is 76.7 Å². The number of benzene rings is 2. The summed E-state index contributed by atoms with van der Waals surface area (Å²) in [7, 11) is 3.10. The molecule has 1 aliphatic rings. The highest BCUT2D eigenvalue weighted by Crippen LogP contribution is 2.36. The number of anilines is 2. The van der Waals surface area contributed by atoms with E-state index in [9.17, 15) is 9.59 Å². The number of aryl methyl sites for hydroxylation is 1. The van der Waals surface area contributed by atoms with Crippen LogP contribution in [0.3, 0.4) is 0 Å². The van der Waals surface area contributed by atoms with Crippen LogP contribution in [0.4, 0.5) is 11.4 Å². The molecule has 0 fully saturated rings. The monoisotopic (exact) mass is 340 g/mol. The number of fused-ring (bicyclic) bond motifs is 1. The Balaban J connectivity index is 1.89. The Labute approximate surface area is 146 Å². The van der Waals surface area contributed by atoms with Crippen LogP contribution in [-0.2, 0) is 9.59 Å². The summed E-state index contributed by atoms with van der Waals surface area (Å²) in [5.41, 5.74) is 2.98. The van der Waals surface area contributed by atoms with Crippen molar-refractivity contribution in [1.29, 1.82) is 0 Å². The molecule has 1 aliphatic heterocycles. The summed E-state index contributed by atoms with van der Waals surface area (Å²) in [5, 5.41) is 5.71. The van der Waals surface area contributed by atoms with E-state index in [1.54, 1.807) is 32.4 Å². The van der Waals surface area contributed by atoms with Crippen LogP contribution < -0.4 is 20.1 Å². The number of amides is 2. The second kappa shape index (κ2) is 6.84. The summed E-state index contributed by atoms with van der Waals surface area (Å²) in [5.74, 6) is 0.212. The summed E-state index contributed by atoms with van der Waals surface area (Å²) < 4.78 is 10.6. The van der Waals surface area contributed by atoms with Gasteiger partial charge in [0.1, 0.15) is 0 Å². The van der Waals surface area contributed by atoms with Gasteiger partial charge in [-0.1, -0.05) is 18.2 Å². The lowest BCUT2D eigenvalue weighted by Crippen LogP contribution is -2.30. The predicted molar refractivity (Wildman–Crippen MR) is 95.3 cm³/mol. The van der Waals surface area contributed by atoms with Crippen molar-refractivity contribution in [3.05, 3.63) is 47.5 Å². The van der Waals surface area contributed by atoms with E-state index in [0.29, 0.717) is 22.9 Å². The minimum atomic E-state index is -0.530. The highest BCUT2D eigenvalue weighted by atomic mass is 16.5. The molecule has 0 saturated carbocycles. The zero-order valence-electron chi connectivity index (χ0n) is 14.4. The molecule has 130 valence electrons. The van der Waals surface area contributed by atoms with Crippen LogP contribution in [0, 0.1) is 6.92 Å². The van der Waals surface area contributed by atoms with Crippen molar-refractivity contribution in [3.8, 4) is 11.5 Å². The number of hydrogen-bond acceptors (Lipinski definition) is 4. The lowest BCUT2D eigenvalue weighted by atomic mass is 9.89. The van der Waals surface area contributed by atoms with E-state index in [4.69, 9.17) is 9.47 Å². The minimum Gasteiger partial charge on any atom is -0.493 e. The first-order valence-corrected chi connectivity index (χ1v) is 7.95. The standard InChI is InChI=1S/C19H20N2O4/c1-11-8-16(24-2)17(25-3)10-15(11)21-19(23)13-9-18(22)20-14-7-5-4-6-12(13)14/h4-8,10,13H,9H2,1-3H3,(H,20,22)(H,21,23). The van der Waals surface area contributed by atoms with Gasteiger partial charge in [0.05, 0.1) is 20.1 Å². The highest BCUT2D eigenvalue weighted by Gasteiger charge is 2.30. The third kappa shape index (κ3) is 3.28. The van der Waals surface area contributed by atoms with Crippen molar-refractivity contribution in [2.75, 3.05) is 24.9 Å². The molecule has 25 heavy (non-hydrogen) atoms. The van der Waals surface area contributed by atoms with Crippen molar-refractivity contribution < 1.29 is 19.1 Å². The van der Waals surface area contributed by atoms with Crippen LogP contribution in [0.1, 0.15) is 23.5 Å². The second-order valence-electron chi connectivity index (χ2n) is 5.90. The first-order valence-electron chi connectivity index (χ1n) is 7.95. The first-order chi connectivity index (χ1) is 12.0. The molecule has 0 aliphatic carbocycles. The Hall–Kier alpha value is -3.02. The summed E-state index contributed by atoms with van der Waals surface area (Å²) in [6.45, 7) is 1.87. The average molecular weight is 340 g/mol. The van der Waals surface area contributed by atoms with Gasteiger partial charge in [0, 0.05) is 23.9 Å². The Morgan fingerprint density at radius 3 is 2.56 bits per heavy atom. The molecule has 0 spiro atoms. The van der Waals surface area contributed by atoms with Gasteiger partial charge in [-0.3, -0.25) is 9.59 Å². The summed E-state index contributed by atoms with van der Waals surface area (Å²) in [6, 6.07) is 10.9. The molecule has 0 radical (unpaired) electrons. The number of methoxy groups -OCH3 is 2. The average Bonchev–Trinajstić information content (AvgIpc) is 2.62. The molecule has 2 amide bonds. The van der Waals surface area contributed by atoms with E-state index in [1.165, 1.54) is 0 Å². The summed E-state index contributed by atoms with van der Waals surface area (Å²) in [6.07, 6.45) is 0.120. The Morgan fingerprint density at radius 2 is 1.84 bits per heavy atom. The molecular weight excluding hydrogens is 320 g/mol. The summed E-state index contributed by atoms with van der Waals surface area (Å²) >= 11 is 0. The molecule has 2 N–H and O–H groups in total. The van der Waals surface area contributed by atoms with Crippen LogP contribution in [0.5, 0.6) is 11.5 Å². The molecule has 0 aromatic heterocycles. The molecule has 0 bridgehead atoms. The highest BCUT2D eigenvalue weighted by molar-refractivity contribution is 6.05. The Morgan fingerprint density at radius 1 is 1.16 bits per heavy atom. The molecular formula is C19H20N2O4. The van der Waals surface area contributed by atoms with Crippen molar-refractivity contribution in [3.63, 3.8) is 0 Å². The molecule has 2 aromatic carbocycles. The number of nitrogens with one attached hydrogen (secondary N) is 2. The molecule has 3 rings (SSSR count). The molecule has 1 atom stereocenters. The fourth-order valence-corrected chi connectivity index (χ4v) is 2.98. The van der Waals surface area contributed by atoms with Gasteiger partial charge >= 0.3 is 0 Å². The maximum absolute atomic E-state index is 12.8. The van der Waals surface area contributed by atoms with Gasteiger partial charge in [0.15, 0.2) is 11.5 Å². The van der Waals surface area contributed by atoms with Crippen molar-refractivity contribution in [2.45, 2.75) is 19.3 Å². The van der Waals surface area contributed by atoms with Crippen LogP contribution >= 0.6 is 0 Å². The second-order valence-corrected chi connectivity index (χ2v) is 5.90. The quantitative estimate of drug-likeness (QED) is 0.897. The third-order valence-electron chi connectivity index (χ3n) is 4.30. The molecule has 2 aromatic rings. The van der Waals surface area contributed by atoms with E-state index >= 15 is 0 Å². The van der Waals surface area contributed by atoms with Crippen LogP contribution in [0.25, 0.3) is 0 Å². The number of rotatable bonds is 4. The molecule has 6 heteroatoms. The maximum Gasteiger partial charge on any atom is 0.232 e. The maximum atomic E-state index is 12.8. The van der Waals surface area contributed by atoms with Gasteiger partial charge in [-0.15, -0.1) is 0 Å². The van der Waals surface area contributed by atoms with E-state index < -0.39 is 5.92 Å². The molecule has 0 saturated heterocycles. The Bertz CT molecular complexity index is 832. The van der Waals surface area contributed by atoms with Gasteiger partial charge in [-0.25, -0.2) is 0 Å². The van der Waals surface area contributed by atoms with E-state index in [0.717, 1.165) is 11.1 Å². The van der Waals surface area contributed by atoms with Crippen molar-refractivity contribution in [1.82, 2.24) is 0 Å². The lowest BCUT2D eigenvalue weighted by Gasteiger charge is -2.25. The fraction of sp³-hybridized carbons (Fsp3) is 0.263.